The highest BCUT2D eigenvalue weighted by Gasteiger charge is 2.56. The molecule has 2 saturated heterocycles. The van der Waals surface area contributed by atoms with Crippen LogP contribution in [0.1, 0.15) is 23.7 Å². The third-order valence-electron chi connectivity index (χ3n) is 5.61. The van der Waals surface area contributed by atoms with E-state index in [-0.39, 0.29) is 23.3 Å². The summed E-state index contributed by atoms with van der Waals surface area (Å²) in [5.41, 5.74) is 0.153. The van der Waals surface area contributed by atoms with Crippen LogP contribution in [0.5, 0.6) is 0 Å². The summed E-state index contributed by atoms with van der Waals surface area (Å²) in [5.74, 6) is -1.00. The number of aromatic nitrogens is 2. The lowest BCUT2D eigenvalue weighted by molar-refractivity contribution is -0.126. The van der Waals surface area contributed by atoms with Gasteiger partial charge in [0, 0.05) is 32.0 Å². The molecule has 2 aromatic rings. The number of amides is 2. The van der Waals surface area contributed by atoms with Crippen LogP contribution in [0.3, 0.4) is 0 Å². The van der Waals surface area contributed by atoms with Gasteiger partial charge in [-0.3, -0.25) is 19.6 Å². The number of halogens is 1. The molecule has 1 spiro atoms. The van der Waals surface area contributed by atoms with Crippen LogP contribution >= 0.6 is 0 Å². The second kappa shape index (κ2) is 6.16. The van der Waals surface area contributed by atoms with E-state index in [1.54, 1.807) is 28.3 Å². The number of anilines is 1. The predicted molar refractivity (Wildman–Crippen MR) is 92.9 cm³/mol. The normalized spacial score (nSPS) is 25.3. The van der Waals surface area contributed by atoms with Crippen molar-refractivity contribution < 1.29 is 14.0 Å². The lowest BCUT2D eigenvalue weighted by Gasteiger charge is -2.26. The Balaban J connectivity index is 1.58. The monoisotopic (exact) mass is 354 g/mol. The number of carbonyl (C=O) groups is 2. The average Bonchev–Trinajstić information content (AvgIpc) is 3.17. The molecule has 2 aliphatic heterocycles. The van der Waals surface area contributed by atoms with Crippen molar-refractivity contribution in [2.45, 2.75) is 13.3 Å². The van der Waals surface area contributed by atoms with Crippen LogP contribution in [0.2, 0.25) is 0 Å². The molecule has 0 unspecified atom stereocenters. The number of rotatable bonds is 2. The Morgan fingerprint density at radius 3 is 2.81 bits per heavy atom. The summed E-state index contributed by atoms with van der Waals surface area (Å²) in [7, 11) is 0. The molecule has 0 N–H and O–H groups in total. The van der Waals surface area contributed by atoms with Gasteiger partial charge in [-0.15, -0.1) is 0 Å². The lowest BCUT2D eigenvalue weighted by atomic mass is 9.78. The molecule has 0 bridgehead atoms. The lowest BCUT2D eigenvalue weighted by Crippen LogP contribution is -2.40. The highest BCUT2D eigenvalue weighted by molar-refractivity contribution is 6.02. The first kappa shape index (κ1) is 16.6. The van der Waals surface area contributed by atoms with Crippen LogP contribution in [0.25, 0.3) is 0 Å². The van der Waals surface area contributed by atoms with Crippen molar-refractivity contribution in [3.63, 3.8) is 0 Å². The second-order valence-corrected chi connectivity index (χ2v) is 7.02. The summed E-state index contributed by atoms with van der Waals surface area (Å²) in [6, 6.07) is 5.04. The molecule has 2 aliphatic rings. The van der Waals surface area contributed by atoms with Crippen LogP contribution < -0.4 is 4.90 Å². The fraction of sp³-hybridized carbons (Fsp3) is 0.368. The minimum Gasteiger partial charge on any atom is -0.337 e. The number of hydrogen-bond donors (Lipinski definition) is 0. The summed E-state index contributed by atoms with van der Waals surface area (Å²) < 4.78 is 13.9. The third kappa shape index (κ3) is 2.46. The molecule has 4 heterocycles. The Morgan fingerprint density at radius 2 is 2.08 bits per heavy atom. The Hall–Kier alpha value is -2.83. The summed E-state index contributed by atoms with van der Waals surface area (Å²) in [5, 5.41) is 0. The number of hydrogen-bond acceptors (Lipinski definition) is 4. The van der Waals surface area contributed by atoms with Gasteiger partial charge in [-0.05, 0) is 30.5 Å². The van der Waals surface area contributed by atoms with Gasteiger partial charge < -0.3 is 9.80 Å². The fourth-order valence-electron chi connectivity index (χ4n) is 4.09. The van der Waals surface area contributed by atoms with Crippen molar-refractivity contribution >= 4 is 17.5 Å². The summed E-state index contributed by atoms with van der Waals surface area (Å²) >= 11 is 0. The minimum absolute atomic E-state index is 0.00110. The molecule has 7 heteroatoms. The SMILES string of the molecule is C[C@@H]1CN(C(=O)c2ccncc2F)C[C@]12CCN(c1cccnc1)C2=O. The maximum atomic E-state index is 13.9. The van der Waals surface area contributed by atoms with E-state index in [2.05, 4.69) is 9.97 Å². The highest BCUT2D eigenvalue weighted by atomic mass is 19.1. The largest absolute Gasteiger partial charge is 0.337 e. The molecule has 134 valence electrons. The van der Waals surface area contributed by atoms with Crippen molar-refractivity contribution in [1.29, 1.82) is 0 Å². The van der Waals surface area contributed by atoms with Crippen LogP contribution in [-0.2, 0) is 4.79 Å². The van der Waals surface area contributed by atoms with Crippen molar-refractivity contribution in [2.24, 2.45) is 11.3 Å². The molecule has 2 amide bonds. The molecular formula is C19H19FN4O2. The van der Waals surface area contributed by atoms with Crippen LogP contribution in [0.4, 0.5) is 10.1 Å². The molecule has 0 radical (unpaired) electrons. The molecule has 4 rings (SSSR count). The van der Waals surface area contributed by atoms with Gasteiger partial charge in [0.1, 0.15) is 0 Å². The molecule has 0 aromatic carbocycles. The zero-order valence-corrected chi connectivity index (χ0v) is 14.4. The standard InChI is InChI=1S/C19H19FN4O2/c1-13-11-23(17(25)15-4-7-22-10-16(15)20)12-19(13)5-8-24(18(19)26)14-3-2-6-21-9-14/h2-4,6-7,9-10,13H,5,8,11-12H2,1H3/t13-,19-/m1/s1. The zero-order chi connectivity index (χ0) is 18.3. The number of carbonyl (C=O) groups excluding carboxylic acids is 2. The van der Waals surface area contributed by atoms with E-state index in [4.69, 9.17) is 0 Å². The Labute approximate surface area is 150 Å². The second-order valence-electron chi connectivity index (χ2n) is 7.02. The van der Waals surface area contributed by atoms with E-state index in [0.717, 1.165) is 11.9 Å². The molecule has 0 saturated carbocycles. The van der Waals surface area contributed by atoms with Crippen molar-refractivity contribution in [3.8, 4) is 0 Å². The fourth-order valence-corrected chi connectivity index (χ4v) is 4.09. The summed E-state index contributed by atoms with van der Waals surface area (Å²) in [6.07, 6.45) is 6.45. The van der Waals surface area contributed by atoms with E-state index in [1.165, 1.54) is 12.3 Å². The van der Waals surface area contributed by atoms with Crippen LogP contribution in [0.15, 0.2) is 43.0 Å². The number of pyridine rings is 2. The van der Waals surface area contributed by atoms with Gasteiger partial charge in [0.25, 0.3) is 5.91 Å². The van der Waals surface area contributed by atoms with E-state index in [1.807, 2.05) is 13.0 Å². The van der Waals surface area contributed by atoms with Gasteiger partial charge >= 0.3 is 0 Å². The predicted octanol–water partition coefficient (Wildman–Crippen LogP) is 2.13. The van der Waals surface area contributed by atoms with E-state index in [9.17, 15) is 14.0 Å². The topological polar surface area (TPSA) is 66.4 Å². The van der Waals surface area contributed by atoms with Crippen molar-refractivity contribution in [2.75, 3.05) is 24.5 Å². The van der Waals surface area contributed by atoms with Gasteiger partial charge in [0.15, 0.2) is 5.82 Å². The van der Waals surface area contributed by atoms with Gasteiger partial charge in [-0.2, -0.15) is 0 Å². The molecule has 0 aliphatic carbocycles. The quantitative estimate of drug-likeness (QED) is 0.829. The van der Waals surface area contributed by atoms with Gasteiger partial charge in [-0.1, -0.05) is 6.92 Å². The van der Waals surface area contributed by atoms with Gasteiger partial charge in [0.2, 0.25) is 5.91 Å². The smallest absolute Gasteiger partial charge is 0.256 e. The maximum Gasteiger partial charge on any atom is 0.256 e. The highest BCUT2D eigenvalue weighted by Crippen LogP contribution is 2.46. The molecule has 2 atom stereocenters. The number of nitrogens with zero attached hydrogens (tertiary/aromatic N) is 4. The van der Waals surface area contributed by atoms with Crippen LogP contribution in [0, 0.1) is 17.2 Å². The molecule has 26 heavy (non-hydrogen) atoms. The first-order valence-corrected chi connectivity index (χ1v) is 8.64. The zero-order valence-electron chi connectivity index (χ0n) is 14.4. The number of likely N-dealkylation sites (tertiary alicyclic amines) is 1. The first-order chi connectivity index (χ1) is 12.5. The van der Waals surface area contributed by atoms with E-state index in [0.29, 0.717) is 26.1 Å². The third-order valence-corrected chi connectivity index (χ3v) is 5.61. The Bertz CT molecular complexity index is 860. The van der Waals surface area contributed by atoms with E-state index < -0.39 is 11.2 Å². The average molecular weight is 354 g/mol. The minimum atomic E-state index is -0.638. The van der Waals surface area contributed by atoms with Gasteiger partial charge in [-0.25, -0.2) is 4.39 Å². The maximum absolute atomic E-state index is 13.9. The Morgan fingerprint density at radius 1 is 1.27 bits per heavy atom. The van der Waals surface area contributed by atoms with Crippen LogP contribution in [-0.4, -0.2) is 46.3 Å². The van der Waals surface area contributed by atoms with Gasteiger partial charge in [0.05, 0.1) is 29.1 Å². The molecular weight excluding hydrogens is 335 g/mol. The summed E-state index contributed by atoms with van der Waals surface area (Å²) in [6.45, 7) is 3.33. The Kier molecular flexibility index (Phi) is 3.94. The molecule has 2 aromatic heterocycles. The molecule has 2 fully saturated rings. The van der Waals surface area contributed by atoms with Crippen molar-refractivity contribution in [3.05, 3.63) is 54.4 Å². The van der Waals surface area contributed by atoms with Crippen molar-refractivity contribution in [1.82, 2.24) is 14.9 Å². The first-order valence-electron chi connectivity index (χ1n) is 8.64. The molecule has 6 nitrogen and oxygen atoms in total. The van der Waals surface area contributed by atoms with E-state index >= 15 is 0 Å². The summed E-state index contributed by atoms with van der Waals surface area (Å²) in [4.78, 5) is 37.0.